The van der Waals surface area contributed by atoms with Crippen molar-refractivity contribution in [1.29, 1.82) is 0 Å². The number of benzene rings is 1. The van der Waals surface area contributed by atoms with Crippen molar-refractivity contribution in [2.24, 2.45) is 5.73 Å². The topological polar surface area (TPSA) is 44.5 Å². The number of nitrogens with two attached hydrogens (primary N) is 1. The van der Waals surface area contributed by atoms with Gasteiger partial charge in [0.25, 0.3) is 6.43 Å². The number of rotatable bonds is 3. The van der Waals surface area contributed by atoms with Gasteiger partial charge >= 0.3 is 0 Å². The molecule has 2 N–H and O–H groups in total. The quantitative estimate of drug-likeness (QED) is 0.862. The van der Waals surface area contributed by atoms with Crippen LogP contribution in [0, 0.1) is 0 Å². The number of halogens is 2. The fraction of sp³-hybridized carbons (Fsp3) is 0.455. The molecule has 3 nitrogen and oxygen atoms in total. The summed E-state index contributed by atoms with van der Waals surface area (Å²) >= 11 is 0. The lowest BCUT2D eigenvalue weighted by Gasteiger charge is -2.11. The van der Waals surface area contributed by atoms with Crippen LogP contribution in [0.4, 0.5) is 8.78 Å². The molecule has 0 saturated carbocycles. The summed E-state index contributed by atoms with van der Waals surface area (Å²) in [7, 11) is 0. The van der Waals surface area contributed by atoms with Crippen molar-refractivity contribution < 1.29 is 18.3 Å². The zero-order chi connectivity index (χ0) is 11.5. The fourth-order valence-electron chi connectivity index (χ4n) is 1.59. The lowest BCUT2D eigenvalue weighted by Crippen LogP contribution is -2.21. The van der Waals surface area contributed by atoms with Crippen molar-refractivity contribution >= 4 is 0 Å². The van der Waals surface area contributed by atoms with Crippen molar-refractivity contribution in [2.75, 3.05) is 13.2 Å². The van der Waals surface area contributed by atoms with Crippen molar-refractivity contribution in [3.63, 3.8) is 0 Å². The van der Waals surface area contributed by atoms with E-state index < -0.39 is 12.7 Å². The summed E-state index contributed by atoms with van der Waals surface area (Å²) in [6, 6.07) is 6.05. The average molecular weight is 229 g/mol. The molecule has 16 heavy (non-hydrogen) atoms. The molecule has 0 radical (unpaired) electrons. The second kappa shape index (κ2) is 4.86. The van der Waals surface area contributed by atoms with E-state index in [4.69, 9.17) is 15.2 Å². The zero-order valence-corrected chi connectivity index (χ0v) is 8.61. The molecule has 1 saturated heterocycles. The molecule has 2 unspecified atom stereocenters. The molecule has 0 amide bonds. The molecule has 0 aliphatic carbocycles. The van der Waals surface area contributed by atoms with E-state index in [0.29, 0.717) is 18.7 Å². The highest BCUT2D eigenvalue weighted by Crippen LogP contribution is 2.29. The van der Waals surface area contributed by atoms with E-state index in [0.717, 1.165) is 0 Å². The van der Waals surface area contributed by atoms with Crippen LogP contribution in [0.3, 0.4) is 0 Å². The van der Waals surface area contributed by atoms with Gasteiger partial charge in [-0.15, -0.1) is 0 Å². The Hall–Kier alpha value is -1.04. The minimum atomic E-state index is -2.48. The first-order chi connectivity index (χ1) is 7.70. The molecule has 5 heteroatoms. The molecule has 1 fully saturated rings. The third-order valence-corrected chi connectivity index (χ3v) is 2.45. The summed E-state index contributed by atoms with van der Waals surface area (Å²) in [6.45, 7) is 0.769. The Kier molecular flexibility index (Phi) is 3.48. The molecular weight excluding hydrogens is 216 g/mol. The summed E-state index contributed by atoms with van der Waals surface area (Å²) in [5.41, 5.74) is 6.01. The second-order valence-corrected chi connectivity index (χ2v) is 3.63. The highest BCUT2D eigenvalue weighted by Gasteiger charge is 2.26. The van der Waals surface area contributed by atoms with Gasteiger partial charge in [0.2, 0.25) is 0 Å². The van der Waals surface area contributed by atoms with Gasteiger partial charge in [-0.3, -0.25) is 0 Å². The molecule has 0 spiro atoms. The number of hydrogen-bond donors (Lipinski definition) is 1. The Morgan fingerprint density at radius 1 is 1.44 bits per heavy atom. The van der Waals surface area contributed by atoms with Crippen LogP contribution in [0.2, 0.25) is 0 Å². The van der Waals surface area contributed by atoms with Gasteiger partial charge in [-0.25, -0.2) is 8.78 Å². The monoisotopic (exact) mass is 229 g/mol. The highest BCUT2D eigenvalue weighted by atomic mass is 19.3. The lowest BCUT2D eigenvalue weighted by atomic mass is 10.1. The van der Waals surface area contributed by atoms with Gasteiger partial charge in [-0.2, -0.15) is 0 Å². The molecule has 1 heterocycles. The third kappa shape index (κ3) is 2.37. The Balaban J connectivity index is 2.12. The lowest BCUT2D eigenvalue weighted by molar-refractivity contribution is -0.0586. The zero-order valence-electron chi connectivity index (χ0n) is 8.61. The molecule has 1 aliphatic rings. The van der Waals surface area contributed by atoms with Gasteiger partial charge in [0, 0.05) is 17.7 Å². The fourth-order valence-corrected chi connectivity index (χ4v) is 1.59. The highest BCUT2D eigenvalue weighted by molar-refractivity contribution is 5.25. The SMILES string of the molecule is NCC1COC(c2cccc(C(F)F)c2)O1. The van der Waals surface area contributed by atoms with Crippen molar-refractivity contribution in [1.82, 2.24) is 0 Å². The Bertz CT molecular complexity index is 360. The maximum absolute atomic E-state index is 12.5. The molecule has 1 aromatic rings. The average Bonchev–Trinajstić information content (AvgIpc) is 2.77. The molecule has 2 rings (SSSR count). The van der Waals surface area contributed by atoms with Gasteiger partial charge in [-0.05, 0) is 6.07 Å². The standard InChI is InChI=1S/C11H13F2NO2/c12-10(13)7-2-1-3-8(4-7)11-15-6-9(5-14)16-11/h1-4,9-11H,5-6,14H2. The molecule has 88 valence electrons. The second-order valence-electron chi connectivity index (χ2n) is 3.63. The van der Waals surface area contributed by atoms with Gasteiger partial charge < -0.3 is 15.2 Å². The van der Waals surface area contributed by atoms with Gasteiger partial charge in [0.15, 0.2) is 6.29 Å². The molecule has 1 aromatic carbocycles. The van der Waals surface area contributed by atoms with E-state index in [1.807, 2.05) is 0 Å². The molecule has 2 atom stereocenters. The maximum atomic E-state index is 12.5. The minimum absolute atomic E-state index is 0.0269. The largest absolute Gasteiger partial charge is 0.346 e. The van der Waals surface area contributed by atoms with Crippen LogP contribution in [0.1, 0.15) is 23.8 Å². The van der Waals surface area contributed by atoms with E-state index in [-0.39, 0.29) is 11.7 Å². The summed E-state index contributed by atoms with van der Waals surface area (Å²) in [5.74, 6) is 0. The smallest absolute Gasteiger partial charge is 0.263 e. The summed E-state index contributed by atoms with van der Waals surface area (Å²) in [4.78, 5) is 0. The van der Waals surface area contributed by atoms with Crippen LogP contribution in [-0.4, -0.2) is 19.3 Å². The molecule has 0 aromatic heterocycles. The van der Waals surface area contributed by atoms with E-state index in [9.17, 15) is 8.78 Å². The summed E-state index contributed by atoms with van der Waals surface area (Å²) < 4.78 is 35.7. The molecule has 1 aliphatic heterocycles. The number of alkyl halides is 2. The van der Waals surface area contributed by atoms with Crippen LogP contribution < -0.4 is 5.73 Å². The van der Waals surface area contributed by atoms with E-state index in [1.54, 1.807) is 12.1 Å². The first-order valence-electron chi connectivity index (χ1n) is 5.06. The molecular formula is C11H13F2NO2. The Morgan fingerprint density at radius 2 is 2.25 bits per heavy atom. The Morgan fingerprint density at radius 3 is 2.88 bits per heavy atom. The molecule has 0 bridgehead atoms. The normalized spacial score (nSPS) is 25.2. The predicted octanol–water partition coefficient (Wildman–Crippen LogP) is 2.00. The first-order valence-corrected chi connectivity index (χ1v) is 5.06. The van der Waals surface area contributed by atoms with Gasteiger partial charge in [0.1, 0.15) is 0 Å². The first kappa shape index (κ1) is 11.4. The van der Waals surface area contributed by atoms with Gasteiger partial charge in [0.05, 0.1) is 12.7 Å². The predicted molar refractivity (Wildman–Crippen MR) is 54.0 cm³/mol. The Labute approximate surface area is 92.1 Å². The minimum Gasteiger partial charge on any atom is -0.346 e. The summed E-state index contributed by atoms with van der Waals surface area (Å²) in [6.07, 6.45) is -3.21. The summed E-state index contributed by atoms with van der Waals surface area (Å²) in [5, 5.41) is 0. The third-order valence-electron chi connectivity index (χ3n) is 2.45. The van der Waals surface area contributed by atoms with Crippen molar-refractivity contribution in [2.45, 2.75) is 18.8 Å². The van der Waals surface area contributed by atoms with E-state index >= 15 is 0 Å². The van der Waals surface area contributed by atoms with Crippen molar-refractivity contribution in [3.05, 3.63) is 35.4 Å². The van der Waals surface area contributed by atoms with Crippen LogP contribution >= 0.6 is 0 Å². The van der Waals surface area contributed by atoms with Crippen LogP contribution in [0.5, 0.6) is 0 Å². The number of ether oxygens (including phenoxy) is 2. The van der Waals surface area contributed by atoms with Gasteiger partial charge in [-0.1, -0.05) is 18.2 Å². The van der Waals surface area contributed by atoms with Crippen LogP contribution in [0.15, 0.2) is 24.3 Å². The maximum Gasteiger partial charge on any atom is 0.263 e. The van der Waals surface area contributed by atoms with Crippen LogP contribution in [-0.2, 0) is 9.47 Å². The van der Waals surface area contributed by atoms with Crippen LogP contribution in [0.25, 0.3) is 0 Å². The number of hydrogen-bond acceptors (Lipinski definition) is 3. The van der Waals surface area contributed by atoms with E-state index in [1.165, 1.54) is 12.1 Å². The van der Waals surface area contributed by atoms with E-state index in [2.05, 4.69) is 0 Å². The van der Waals surface area contributed by atoms with Crippen molar-refractivity contribution in [3.8, 4) is 0 Å².